The van der Waals surface area contributed by atoms with Crippen LogP contribution in [0.4, 0.5) is 5.82 Å². The maximum absolute atomic E-state index is 4.75. The first-order valence-corrected chi connectivity index (χ1v) is 7.65. The number of pyridine rings is 1. The zero-order valence-corrected chi connectivity index (χ0v) is 12.4. The summed E-state index contributed by atoms with van der Waals surface area (Å²) in [5.41, 5.74) is 1.13. The summed E-state index contributed by atoms with van der Waals surface area (Å²) in [6.07, 6.45) is 0. The van der Waals surface area contributed by atoms with Gasteiger partial charge in [-0.3, -0.25) is 0 Å². The number of hydrogen-bond acceptors (Lipinski definition) is 4. The highest BCUT2D eigenvalue weighted by atomic mass is 32.2. The van der Waals surface area contributed by atoms with Crippen molar-refractivity contribution < 1.29 is 0 Å². The summed E-state index contributed by atoms with van der Waals surface area (Å²) < 4.78 is 0.331. The van der Waals surface area contributed by atoms with E-state index in [2.05, 4.69) is 60.9 Å². The molecule has 100 valence electrons. The van der Waals surface area contributed by atoms with Crippen molar-refractivity contribution in [3.8, 4) is 0 Å². The van der Waals surface area contributed by atoms with E-state index in [9.17, 15) is 0 Å². The number of nitrogens with zero attached hydrogens (tertiary/aromatic N) is 2. The summed E-state index contributed by atoms with van der Waals surface area (Å²) in [4.78, 5) is 7.16. The molecule has 1 aromatic rings. The van der Waals surface area contributed by atoms with E-state index in [4.69, 9.17) is 4.98 Å². The Bertz CT molecular complexity index is 392. The van der Waals surface area contributed by atoms with Crippen LogP contribution in [0.1, 0.15) is 26.5 Å². The number of aromatic nitrogens is 1. The average molecular weight is 265 g/mol. The van der Waals surface area contributed by atoms with Crippen molar-refractivity contribution in [1.29, 1.82) is 0 Å². The van der Waals surface area contributed by atoms with Crippen LogP contribution in [-0.4, -0.2) is 35.1 Å². The number of rotatable bonds is 4. The Kier molecular flexibility index (Phi) is 4.51. The van der Waals surface area contributed by atoms with Gasteiger partial charge >= 0.3 is 0 Å². The molecular formula is C14H23N3S. The van der Waals surface area contributed by atoms with Crippen molar-refractivity contribution in [2.45, 2.75) is 32.1 Å². The van der Waals surface area contributed by atoms with E-state index in [0.29, 0.717) is 4.75 Å². The fourth-order valence-electron chi connectivity index (χ4n) is 2.21. The van der Waals surface area contributed by atoms with E-state index in [0.717, 1.165) is 37.7 Å². The van der Waals surface area contributed by atoms with Gasteiger partial charge in [-0.15, -0.1) is 0 Å². The van der Waals surface area contributed by atoms with Crippen molar-refractivity contribution >= 4 is 17.6 Å². The van der Waals surface area contributed by atoms with Gasteiger partial charge in [0.1, 0.15) is 5.82 Å². The molecule has 0 atom stereocenters. The monoisotopic (exact) mass is 265 g/mol. The maximum atomic E-state index is 4.75. The Balaban J connectivity index is 2.07. The normalized spacial score (nSPS) is 18.9. The number of nitrogens with one attached hydrogen (secondary N) is 1. The third kappa shape index (κ3) is 3.62. The van der Waals surface area contributed by atoms with Crippen molar-refractivity contribution in [1.82, 2.24) is 10.3 Å². The van der Waals surface area contributed by atoms with Crippen LogP contribution in [-0.2, 0) is 6.54 Å². The molecule has 2 rings (SSSR count). The standard InChI is InChI=1S/C14H23N3S/c1-4-15-10-12-6-5-7-13(16-12)17-8-9-18-14(2,3)11-17/h5-7,15H,4,8-11H2,1-3H3. The van der Waals surface area contributed by atoms with Gasteiger partial charge in [0.25, 0.3) is 0 Å². The fraction of sp³-hybridized carbons (Fsp3) is 0.643. The number of hydrogen-bond donors (Lipinski definition) is 1. The third-order valence-corrected chi connectivity index (χ3v) is 4.40. The molecule has 1 N–H and O–H groups in total. The predicted molar refractivity (Wildman–Crippen MR) is 80.4 cm³/mol. The van der Waals surface area contributed by atoms with Crippen molar-refractivity contribution in [2.75, 3.05) is 30.3 Å². The summed E-state index contributed by atoms with van der Waals surface area (Å²) in [5.74, 6) is 2.31. The van der Waals surface area contributed by atoms with Crippen molar-refractivity contribution in [3.63, 3.8) is 0 Å². The lowest BCUT2D eigenvalue weighted by Crippen LogP contribution is -2.43. The third-order valence-electron chi connectivity index (χ3n) is 3.10. The molecule has 1 aromatic heterocycles. The Morgan fingerprint density at radius 3 is 3.00 bits per heavy atom. The van der Waals surface area contributed by atoms with Crippen LogP contribution in [0.2, 0.25) is 0 Å². The fourth-order valence-corrected chi connectivity index (χ4v) is 3.32. The second kappa shape index (κ2) is 5.93. The van der Waals surface area contributed by atoms with Gasteiger partial charge in [-0.1, -0.05) is 13.0 Å². The van der Waals surface area contributed by atoms with Gasteiger partial charge in [0, 0.05) is 30.1 Å². The van der Waals surface area contributed by atoms with E-state index in [1.54, 1.807) is 0 Å². The zero-order valence-electron chi connectivity index (χ0n) is 11.6. The molecule has 0 aromatic carbocycles. The first kappa shape index (κ1) is 13.7. The van der Waals surface area contributed by atoms with Gasteiger partial charge in [-0.25, -0.2) is 4.98 Å². The van der Waals surface area contributed by atoms with Gasteiger partial charge in [0.05, 0.1) is 5.69 Å². The highest BCUT2D eigenvalue weighted by Gasteiger charge is 2.27. The molecule has 18 heavy (non-hydrogen) atoms. The molecule has 1 aliphatic heterocycles. The molecule has 1 aliphatic rings. The predicted octanol–water partition coefficient (Wildman–Crippen LogP) is 2.52. The van der Waals surface area contributed by atoms with Crippen LogP contribution in [0.25, 0.3) is 0 Å². The molecule has 0 aliphatic carbocycles. The molecule has 0 radical (unpaired) electrons. The minimum absolute atomic E-state index is 0.331. The van der Waals surface area contributed by atoms with Crippen LogP contribution in [0, 0.1) is 0 Å². The SMILES string of the molecule is CCNCc1cccc(N2CCSC(C)(C)C2)n1. The second-order valence-electron chi connectivity index (χ2n) is 5.30. The smallest absolute Gasteiger partial charge is 0.128 e. The van der Waals surface area contributed by atoms with Gasteiger partial charge in [0.2, 0.25) is 0 Å². The molecular weight excluding hydrogens is 242 g/mol. The van der Waals surface area contributed by atoms with Crippen LogP contribution >= 0.6 is 11.8 Å². The minimum Gasteiger partial charge on any atom is -0.354 e. The lowest BCUT2D eigenvalue weighted by molar-refractivity contribution is 0.638. The molecule has 0 unspecified atom stereocenters. The van der Waals surface area contributed by atoms with Crippen LogP contribution in [0.5, 0.6) is 0 Å². The summed E-state index contributed by atoms with van der Waals surface area (Å²) >= 11 is 2.06. The summed E-state index contributed by atoms with van der Waals surface area (Å²) in [7, 11) is 0. The molecule has 1 fully saturated rings. The maximum Gasteiger partial charge on any atom is 0.128 e. The zero-order chi connectivity index (χ0) is 13.0. The van der Waals surface area contributed by atoms with E-state index >= 15 is 0 Å². The highest BCUT2D eigenvalue weighted by Crippen LogP contribution is 2.31. The molecule has 1 saturated heterocycles. The summed E-state index contributed by atoms with van der Waals surface area (Å²) in [6.45, 7) is 10.8. The molecule has 0 saturated carbocycles. The highest BCUT2D eigenvalue weighted by molar-refractivity contribution is 8.00. The van der Waals surface area contributed by atoms with Crippen LogP contribution in [0.15, 0.2) is 18.2 Å². The molecule has 0 spiro atoms. The molecule has 2 heterocycles. The topological polar surface area (TPSA) is 28.2 Å². The Hall–Kier alpha value is -0.740. The second-order valence-corrected chi connectivity index (χ2v) is 7.10. The summed E-state index contributed by atoms with van der Waals surface area (Å²) in [6, 6.07) is 6.33. The lowest BCUT2D eigenvalue weighted by Gasteiger charge is -2.38. The number of anilines is 1. The first-order chi connectivity index (χ1) is 8.61. The van der Waals surface area contributed by atoms with Gasteiger partial charge < -0.3 is 10.2 Å². The van der Waals surface area contributed by atoms with E-state index in [1.807, 2.05) is 0 Å². The summed E-state index contributed by atoms with van der Waals surface area (Å²) in [5, 5.41) is 3.33. The van der Waals surface area contributed by atoms with E-state index < -0.39 is 0 Å². The van der Waals surface area contributed by atoms with E-state index in [1.165, 1.54) is 5.75 Å². The van der Waals surface area contributed by atoms with Gasteiger partial charge in [0.15, 0.2) is 0 Å². The van der Waals surface area contributed by atoms with Crippen LogP contribution in [0.3, 0.4) is 0 Å². The number of thioether (sulfide) groups is 1. The minimum atomic E-state index is 0.331. The van der Waals surface area contributed by atoms with Crippen molar-refractivity contribution in [2.24, 2.45) is 0 Å². The average Bonchev–Trinajstić information content (AvgIpc) is 2.35. The van der Waals surface area contributed by atoms with Gasteiger partial charge in [-0.2, -0.15) is 11.8 Å². The first-order valence-electron chi connectivity index (χ1n) is 6.66. The molecule has 0 bridgehead atoms. The Morgan fingerprint density at radius 1 is 1.44 bits per heavy atom. The molecule has 0 amide bonds. The quantitative estimate of drug-likeness (QED) is 0.905. The van der Waals surface area contributed by atoms with Crippen LogP contribution < -0.4 is 10.2 Å². The lowest BCUT2D eigenvalue weighted by atomic mass is 10.2. The molecule has 3 nitrogen and oxygen atoms in total. The largest absolute Gasteiger partial charge is 0.354 e. The van der Waals surface area contributed by atoms with Gasteiger partial charge in [-0.05, 0) is 32.5 Å². The van der Waals surface area contributed by atoms with Crippen molar-refractivity contribution in [3.05, 3.63) is 23.9 Å². The van der Waals surface area contributed by atoms with E-state index in [-0.39, 0.29) is 0 Å². The Morgan fingerprint density at radius 2 is 2.28 bits per heavy atom. The molecule has 4 heteroatoms. The Labute approximate surface area is 114 Å².